The number of methoxy groups -OCH3 is 1. The lowest BCUT2D eigenvalue weighted by Crippen LogP contribution is -2.41. The molecule has 212 valence electrons. The zero-order chi connectivity index (χ0) is 28.8. The van der Waals surface area contributed by atoms with E-state index in [1.54, 1.807) is 38.6 Å². The fourth-order valence-corrected chi connectivity index (χ4v) is 5.30. The van der Waals surface area contributed by atoms with Gasteiger partial charge in [-0.3, -0.25) is 14.8 Å². The molecule has 1 fully saturated rings. The van der Waals surface area contributed by atoms with Crippen molar-refractivity contribution in [3.8, 4) is 28.5 Å². The van der Waals surface area contributed by atoms with Gasteiger partial charge < -0.3 is 9.64 Å². The van der Waals surface area contributed by atoms with E-state index in [4.69, 9.17) is 26.4 Å². The molecule has 5 rings (SSSR count). The van der Waals surface area contributed by atoms with E-state index >= 15 is 0 Å². The van der Waals surface area contributed by atoms with Gasteiger partial charge in [-0.2, -0.15) is 5.10 Å². The van der Waals surface area contributed by atoms with E-state index in [0.29, 0.717) is 46.8 Å². The number of hydrogen-bond acceptors (Lipinski definition) is 7. The quantitative estimate of drug-likeness (QED) is 0.163. The topological polar surface area (TPSA) is 101 Å². The number of ether oxygens (including phenoxy) is 1. The summed E-state index contributed by atoms with van der Waals surface area (Å²) in [6.07, 6.45) is 7.56. The van der Waals surface area contributed by atoms with Gasteiger partial charge in [0.1, 0.15) is 11.4 Å². The molecule has 2 aromatic heterocycles. The molecule has 0 N–H and O–H groups in total. The number of carbonyl (C=O) groups excluding carboxylic acids is 1. The SMILES string of the molecule is COc1ccc(-c2nc(-c3ccncc3)nn2CCN(C(=O)c2ccccc2N=NN(C)C)C2CCCC2)cc1Cl. The summed E-state index contributed by atoms with van der Waals surface area (Å²) in [5.41, 5.74) is 2.73. The number of pyridine rings is 1. The lowest BCUT2D eigenvalue weighted by molar-refractivity contribution is 0.0672. The highest BCUT2D eigenvalue weighted by Gasteiger charge is 2.29. The Kier molecular flexibility index (Phi) is 8.88. The molecule has 0 bridgehead atoms. The van der Waals surface area contributed by atoms with Crippen LogP contribution in [0.4, 0.5) is 5.69 Å². The molecule has 0 atom stereocenters. The molecule has 10 nitrogen and oxygen atoms in total. The standard InChI is InChI=1S/C30H33ClN8O2/c1-37(2)36-34-26-11-7-6-10-24(26)30(40)38(23-8-4-5-9-23)18-19-39-29(22-12-13-27(41-3)25(31)20-22)33-28(35-39)21-14-16-32-17-15-21/h6-7,10-17,20,23H,4-5,8-9,18-19H2,1-3H3. The van der Waals surface area contributed by atoms with Crippen LogP contribution in [-0.2, 0) is 6.54 Å². The van der Waals surface area contributed by atoms with Crippen LogP contribution in [0.15, 0.2) is 77.3 Å². The minimum atomic E-state index is -0.0614. The van der Waals surface area contributed by atoms with Crippen LogP contribution in [0.1, 0.15) is 36.0 Å². The average Bonchev–Trinajstić information content (AvgIpc) is 3.68. The Morgan fingerprint density at radius 1 is 1.07 bits per heavy atom. The van der Waals surface area contributed by atoms with Crippen molar-refractivity contribution in [2.24, 2.45) is 10.3 Å². The van der Waals surface area contributed by atoms with Crippen LogP contribution in [0.3, 0.4) is 0 Å². The maximum atomic E-state index is 14.0. The number of aromatic nitrogens is 4. The maximum absolute atomic E-state index is 14.0. The van der Waals surface area contributed by atoms with Crippen molar-refractivity contribution in [2.75, 3.05) is 27.7 Å². The Morgan fingerprint density at radius 2 is 1.83 bits per heavy atom. The Morgan fingerprint density at radius 3 is 2.54 bits per heavy atom. The van der Waals surface area contributed by atoms with Crippen LogP contribution < -0.4 is 4.74 Å². The third-order valence-corrected chi connectivity index (χ3v) is 7.36. The van der Waals surface area contributed by atoms with Crippen molar-refractivity contribution in [3.05, 3.63) is 77.6 Å². The van der Waals surface area contributed by atoms with E-state index in [1.807, 2.05) is 64.2 Å². The minimum Gasteiger partial charge on any atom is -0.495 e. The van der Waals surface area contributed by atoms with E-state index < -0.39 is 0 Å². The lowest BCUT2D eigenvalue weighted by atomic mass is 10.1. The highest BCUT2D eigenvalue weighted by Crippen LogP contribution is 2.32. The smallest absolute Gasteiger partial charge is 0.256 e. The second-order valence-electron chi connectivity index (χ2n) is 10.1. The third-order valence-electron chi connectivity index (χ3n) is 7.07. The molecular formula is C30H33ClN8O2. The predicted molar refractivity (Wildman–Crippen MR) is 158 cm³/mol. The lowest BCUT2D eigenvalue weighted by Gasteiger charge is -2.29. The van der Waals surface area contributed by atoms with Gasteiger partial charge in [-0.25, -0.2) is 9.67 Å². The van der Waals surface area contributed by atoms with E-state index in [9.17, 15) is 4.79 Å². The molecule has 0 radical (unpaired) electrons. The molecule has 0 saturated heterocycles. The van der Waals surface area contributed by atoms with Crippen molar-refractivity contribution >= 4 is 23.2 Å². The molecule has 0 aliphatic heterocycles. The summed E-state index contributed by atoms with van der Waals surface area (Å²) in [5.74, 6) is 1.75. The number of carbonyl (C=O) groups is 1. The zero-order valence-corrected chi connectivity index (χ0v) is 24.2. The van der Waals surface area contributed by atoms with Gasteiger partial charge in [0.25, 0.3) is 5.91 Å². The van der Waals surface area contributed by atoms with Gasteiger partial charge in [-0.1, -0.05) is 41.8 Å². The monoisotopic (exact) mass is 572 g/mol. The number of nitrogens with zero attached hydrogens (tertiary/aromatic N) is 8. The van der Waals surface area contributed by atoms with Gasteiger partial charge >= 0.3 is 0 Å². The molecule has 1 saturated carbocycles. The van der Waals surface area contributed by atoms with E-state index in [-0.39, 0.29) is 11.9 Å². The highest BCUT2D eigenvalue weighted by molar-refractivity contribution is 6.32. The number of halogens is 1. The summed E-state index contributed by atoms with van der Waals surface area (Å²) in [5, 5.41) is 15.4. The van der Waals surface area contributed by atoms with Crippen LogP contribution in [0.2, 0.25) is 5.02 Å². The molecule has 2 heterocycles. The first-order valence-corrected chi connectivity index (χ1v) is 14.0. The van der Waals surface area contributed by atoms with Crippen LogP contribution in [0.25, 0.3) is 22.8 Å². The number of hydrogen-bond donors (Lipinski definition) is 0. The molecule has 1 aliphatic rings. The molecule has 2 aromatic carbocycles. The fourth-order valence-electron chi connectivity index (χ4n) is 5.04. The summed E-state index contributed by atoms with van der Waals surface area (Å²) in [7, 11) is 5.18. The van der Waals surface area contributed by atoms with Crippen molar-refractivity contribution in [2.45, 2.75) is 38.3 Å². The van der Waals surface area contributed by atoms with Crippen molar-refractivity contribution < 1.29 is 9.53 Å². The largest absolute Gasteiger partial charge is 0.495 e. The first-order valence-electron chi connectivity index (χ1n) is 13.6. The molecule has 0 unspecified atom stereocenters. The predicted octanol–water partition coefficient (Wildman–Crippen LogP) is 6.31. The summed E-state index contributed by atoms with van der Waals surface area (Å²) in [6.45, 7) is 0.902. The molecule has 1 amide bonds. The van der Waals surface area contributed by atoms with Crippen molar-refractivity contribution in [1.29, 1.82) is 0 Å². The molecular weight excluding hydrogens is 540 g/mol. The van der Waals surface area contributed by atoms with Crippen LogP contribution >= 0.6 is 11.6 Å². The maximum Gasteiger partial charge on any atom is 0.256 e. The van der Waals surface area contributed by atoms with Crippen LogP contribution in [-0.4, -0.2) is 69.4 Å². The highest BCUT2D eigenvalue weighted by atomic mass is 35.5. The average molecular weight is 573 g/mol. The second kappa shape index (κ2) is 12.9. The van der Waals surface area contributed by atoms with Gasteiger partial charge in [0.15, 0.2) is 11.6 Å². The molecule has 11 heteroatoms. The third kappa shape index (κ3) is 6.54. The number of benzene rings is 2. The normalized spacial score (nSPS) is 13.6. The first kappa shape index (κ1) is 28.2. The zero-order valence-electron chi connectivity index (χ0n) is 23.4. The number of rotatable bonds is 10. The molecule has 4 aromatic rings. The fraction of sp³-hybridized carbons (Fsp3) is 0.333. The van der Waals surface area contributed by atoms with Crippen LogP contribution in [0, 0.1) is 0 Å². The molecule has 0 spiro atoms. The van der Waals surface area contributed by atoms with E-state index in [2.05, 4.69) is 15.3 Å². The van der Waals surface area contributed by atoms with Gasteiger partial charge in [-0.05, 0) is 55.3 Å². The van der Waals surface area contributed by atoms with Gasteiger partial charge in [0.05, 0.1) is 24.2 Å². The Balaban J connectivity index is 1.49. The summed E-state index contributed by atoms with van der Waals surface area (Å²) < 4.78 is 7.19. The summed E-state index contributed by atoms with van der Waals surface area (Å²) in [4.78, 5) is 25.0. The van der Waals surface area contributed by atoms with E-state index in [1.165, 1.54) is 0 Å². The minimum absolute atomic E-state index is 0.0614. The molecule has 41 heavy (non-hydrogen) atoms. The summed E-state index contributed by atoms with van der Waals surface area (Å²) in [6, 6.07) is 16.8. The van der Waals surface area contributed by atoms with E-state index in [0.717, 1.165) is 36.8 Å². The molecule has 1 aliphatic carbocycles. The second-order valence-corrected chi connectivity index (χ2v) is 10.5. The van der Waals surface area contributed by atoms with Gasteiger partial charge in [0.2, 0.25) is 0 Å². The summed E-state index contributed by atoms with van der Waals surface area (Å²) >= 11 is 6.48. The van der Waals surface area contributed by atoms with Crippen molar-refractivity contribution in [1.82, 2.24) is 29.7 Å². The number of amides is 1. The van der Waals surface area contributed by atoms with Crippen molar-refractivity contribution in [3.63, 3.8) is 0 Å². The Labute approximate surface area is 244 Å². The van der Waals surface area contributed by atoms with Crippen LogP contribution in [0.5, 0.6) is 5.75 Å². The van der Waals surface area contributed by atoms with Gasteiger partial charge in [-0.15, -0.1) is 5.11 Å². The van der Waals surface area contributed by atoms with Gasteiger partial charge in [0, 0.05) is 50.2 Å². The Hall–Kier alpha value is -4.31. The Bertz CT molecular complexity index is 1520. The first-order chi connectivity index (χ1) is 19.9.